The lowest BCUT2D eigenvalue weighted by molar-refractivity contribution is 0.0841. The maximum absolute atomic E-state index is 5.66. The fourth-order valence-electron chi connectivity index (χ4n) is 1.53. The van der Waals surface area contributed by atoms with Gasteiger partial charge in [0.25, 0.3) is 0 Å². The first-order valence-electron chi connectivity index (χ1n) is 6.26. The minimum Gasteiger partial charge on any atom is -0.374 e. The second-order valence-corrected chi connectivity index (χ2v) is 4.77. The number of rotatable bonds is 12. The Labute approximate surface area is 109 Å². The summed E-state index contributed by atoms with van der Waals surface area (Å²) < 4.78 is 5.66. The van der Waals surface area contributed by atoms with E-state index in [4.69, 9.17) is 4.74 Å². The van der Waals surface area contributed by atoms with Crippen molar-refractivity contribution in [3.8, 4) is 0 Å². The van der Waals surface area contributed by atoms with Crippen molar-refractivity contribution in [3.05, 3.63) is 25.3 Å². The van der Waals surface area contributed by atoms with Crippen LogP contribution in [0.1, 0.15) is 44.9 Å². The van der Waals surface area contributed by atoms with E-state index in [9.17, 15) is 0 Å². The molecule has 16 heavy (non-hydrogen) atoms. The maximum Gasteiger partial charge on any atom is 0.0787 e. The fourth-order valence-corrected chi connectivity index (χ4v) is 1.93. The molecule has 0 saturated carbocycles. The Morgan fingerprint density at radius 1 is 1.00 bits per heavy atom. The average Bonchev–Trinajstić information content (AvgIpc) is 2.31. The first kappa shape index (κ1) is 15.9. The van der Waals surface area contributed by atoms with Crippen molar-refractivity contribution in [3.63, 3.8) is 0 Å². The third-order valence-electron chi connectivity index (χ3n) is 2.52. The molecule has 1 atom stereocenters. The molecule has 0 aliphatic rings. The molecule has 1 nitrogen and oxygen atoms in total. The number of ether oxygens (including phenoxy) is 1. The molecule has 0 aromatic carbocycles. The molecule has 0 radical (unpaired) electrons. The van der Waals surface area contributed by atoms with Crippen LogP contribution in [0, 0.1) is 0 Å². The van der Waals surface area contributed by atoms with Gasteiger partial charge in [-0.05, 0) is 19.3 Å². The van der Waals surface area contributed by atoms with E-state index in [2.05, 4.69) is 29.1 Å². The summed E-state index contributed by atoms with van der Waals surface area (Å²) in [5.74, 6) is 0. The highest BCUT2D eigenvalue weighted by atomic mass is 79.9. The zero-order valence-corrected chi connectivity index (χ0v) is 11.9. The van der Waals surface area contributed by atoms with Crippen LogP contribution in [0.2, 0.25) is 0 Å². The van der Waals surface area contributed by atoms with Crippen LogP contribution in [-0.4, -0.2) is 18.0 Å². The molecule has 0 fully saturated rings. The average molecular weight is 289 g/mol. The van der Waals surface area contributed by atoms with Gasteiger partial charge in [0.1, 0.15) is 0 Å². The Morgan fingerprint density at radius 2 is 1.62 bits per heavy atom. The Morgan fingerprint density at radius 3 is 2.19 bits per heavy atom. The highest BCUT2D eigenvalue weighted by Crippen LogP contribution is 2.08. The third-order valence-corrected chi connectivity index (χ3v) is 3.08. The molecule has 1 unspecified atom stereocenters. The van der Waals surface area contributed by atoms with E-state index < -0.39 is 0 Å². The monoisotopic (exact) mass is 288 g/mol. The van der Waals surface area contributed by atoms with E-state index in [0.29, 0.717) is 0 Å². The first-order valence-corrected chi connectivity index (χ1v) is 7.38. The van der Waals surface area contributed by atoms with Gasteiger partial charge in [0.2, 0.25) is 0 Å². The van der Waals surface area contributed by atoms with Gasteiger partial charge < -0.3 is 4.74 Å². The van der Waals surface area contributed by atoms with E-state index in [1.807, 2.05) is 12.2 Å². The second kappa shape index (κ2) is 13.0. The van der Waals surface area contributed by atoms with Gasteiger partial charge in [0, 0.05) is 11.9 Å². The summed E-state index contributed by atoms with van der Waals surface area (Å²) in [5, 5.41) is 1.14. The van der Waals surface area contributed by atoms with Crippen LogP contribution >= 0.6 is 15.9 Å². The molecular weight excluding hydrogens is 264 g/mol. The van der Waals surface area contributed by atoms with Crippen LogP contribution in [-0.2, 0) is 4.74 Å². The van der Waals surface area contributed by atoms with Gasteiger partial charge in [-0.3, -0.25) is 0 Å². The highest BCUT2D eigenvalue weighted by molar-refractivity contribution is 9.09. The topological polar surface area (TPSA) is 9.23 Å². The lowest BCUT2D eigenvalue weighted by Crippen LogP contribution is -2.09. The van der Waals surface area contributed by atoms with E-state index in [0.717, 1.165) is 24.8 Å². The van der Waals surface area contributed by atoms with Crippen LogP contribution in [0.15, 0.2) is 25.3 Å². The Balaban J connectivity index is 3.18. The molecule has 2 heteroatoms. The summed E-state index contributed by atoms with van der Waals surface area (Å²) in [5.41, 5.74) is 0. The third kappa shape index (κ3) is 10.4. The summed E-state index contributed by atoms with van der Waals surface area (Å²) in [6, 6.07) is 0. The van der Waals surface area contributed by atoms with Crippen molar-refractivity contribution in [1.82, 2.24) is 0 Å². The lowest BCUT2D eigenvalue weighted by Gasteiger charge is -2.11. The van der Waals surface area contributed by atoms with Gasteiger partial charge in [0.15, 0.2) is 0 Å². The predicted molar refractivity (Wildman–Crippen MR) is 76.2 cm³/mol. The lowest BCUT2D eigenvalue weighted by atomic mass is 10.1. The Bertz CT molecular complexity index is 168. The zero-order valence-electron chi connectivity index (χ0n) is 10.3. The van der Waals surface area contributed by atoms with Crippen molar-refractivity contribution in [2.45, 2.75) is 51.0 Å². The maximum atomic E-state index is 5.66. The number of hydrogen-bond acceptors (Lipinski definition) is 1. The van der Waals surface area contributed by atoms with Crippen LogP contribution in [0.25, 0.3) is 0 Å². The number of unbranched alkanes of at least 4 members (excludes halogenated alkanes) is 5. The standard InChI is InChI=1S/C14H25BrO/c1-3-11-14(4-2)16-13-10-8-6-5-7-9-12-15/h3-4,14H,1-2,5-13H2. The van der Waals surface area contributed by atoms with E-state index >= 15 is 0 Å². The first-order chi connectivity index (χ1) is 7.85. The number of halogens is 1. The summed E-state index contributed by atoms with van der Waals surface area (Å²) in [6.07, 6.45) is 12.5. The summed E-state index contributed by atoms with van der Waals surface area (Å²) in [7, 11) is 0. The minimum atomic E-state index is 0.158. The van der Waals surface area contributed by atoms with E-state index in [1.54, 1.807) is 0 Å². The zero-order chi connectivity index (χ0) is 12.1. The van der Waals surface area contributed by atoms with Gasteiger partial charge >= 0.3 is 0 Å². The molecule has 0 rings (SSSR count). The molecule has 0 aromatic rings. The van der Waals surface area contributed by atoms with Gasteiger partial charge in [-0.25, -0.2) is 0 Å². The van der Waals surface area contributed by atoms with E-state index in [1.165, 1.54) is 32.1 Å². The molecule has 0 spiro atoms. The van der Waals surface area contributed by atoms with Crippen molar-refractivity contribution < 1.29 is 4.74 Å². The normalized spacial score (nSPS) is 12.3. The van der Waals surface area contributed by atoms with Crippen LogP contribution in [0.5, 0.6) is 0 Å². The molecule has 0 aromatic heterocycles. The molecule has 0 saturated heterocycles. The van der Waals surface area contributed by atoms with Crippen molar-refractivity contribution in [2.24, 2.45) is 0 Å². The fraction of sp³-hybridized carbons (Fsp3) is 0.714. The molecule has 0 amide bonds. The van der Waals surface area contributed by atoms with Gasteiger partial charge in [-0.2, -0.15) is 0 Å². The smallest absolute Gasteiger partial charge is 0.0787 e. The van der Waals surface area contributed by atoms with Crippen LogP contribution in [0.3, 0.4) is 0 Å². The SMILES string of the molecule is C=CCC(C=C)OCCCCCCCCBr. The van der Waals surface area contributed by atoms with Crippen molar-refractivity contribution in [2.75, 3.05) is 11.9 Å². The minimum absolute atomic E-state index is 0.158. The molecule has 0 aliphatic carbocycles. The summed E-state index contributed by atoms with van der Waals surface area (Å²) >= 11 is 3.44. The Kier molecular flexibility index (Phi) is 12.9. The number of alkyl halides is 1. The van der Waals surface area contributed by atoms with E-state index in [-0.39, 0.29) is 6.10 Å². The second-order valence-electron chi connectivity index (χ2n) is 3.98. The summed E-state index contributed by atoms with van der Waals surface area (Å²) in [6.45, 7) is 8.30. The molecule has 0 N–H and O–H groups in total. The van der Waals surface area contributed by atoms with Crippen molar-refractivity contribution in [1.29, 1.82) is 0 Å². The molecule has 0 aliphatic heterocycles. The molecule has 0 bridgehead atoms. The molecular formula is C14H25BrO. The molecule has 0 heterocycles. The largest absolute Gasteiger partial charge is 0.374 e. The highest BCUT2D eigenvalue weighted by Gasteiger charge is 2.00. The summed E-state index contributed by atoms with van der Waals surface area (Å²) in [4.78, 5) is 0. The Hall–Kier alpha value is -0.0800. The van der Waals surface area contributed by atoms with Crippen LogP contribution in [0.4, 0.5) is 0 Å². The van der Waals surface area contributed by atoms with Gasteiger partial charge in [-0.1, -0.05) is 53.8 Å². The van der Waals surface area contributed by atoms with Gasteiger partial charge in [0.05, 0.1) is 6.10 Å². The van der Waals surface area contributed by atoms with Crippen LogP contribution < -0.4 is 0 Å². The predicted octanol–water partition coefficient (Wildman–Crippen LogP) is 4.87. The van der Waals surface area contributed by atoms with Gasteiger partial charge in [-0.15, -0.1) is 13.2 Å². The molecule has 94 valence electrons. The van der Waals surface area contributed by atoms with Crippen molar-refractivity contribution >= 4 is 15.9 Å². The number of hydrogen-bond donors (Lipinski definition) is 0. The quantitative estimate of drug-likeness (QED) is 0.283.